The van der Waals surface area contributed by atoms with Gasteiger partial charge in [-0.3, -0.25) is 0 Å². The van der Waals surface area contributed by atoms with Crippen molar-refractivity contribution in [1.82, 2.24) is 0 Å². The van der Waals surface area contributed by atoms with Crippen molar-refractivity contribution in [2.24, 2.45) is 0 Å². The van der Waals surface area contributed by atoms with Crippen molar-refractivity contribution in [2.45, 2.75) is 0 Å². The minimum absolute atomic E-state index is 0.246. The lowest BCUT2D eigenvalue weighted by atomic mass is 10.3. The quantitative estimate of drug-likeness (QED) is 0.673. The number of halogens is 3. The Morgan fingerprint density at radius 1 is 1.50 bits per heavy atom. The van der Waals surface area contributed by atoms with Crippen LogP contribution in [-0.2, 0) is 0 Å². The van der Waals surface area contributed by atoms with Gasteiger partial charge < -0.3 is 5.11 Å². The smallest absolute Gasteiger partial charge is 0.159 e. The summed E-state index contributed by atoms with van der Waals surface area (Å²) in [5, 5.41) is 8.58. The molecule has 0 heterocycles. The molecule has 0 amide bonds. The van der Waals surface area contributed by atoms with E-state index >= 15 is 0 Å². The van der Waals surface area contributed by atoms with Gasteiger partial charge in [0.15, 0.2) is 5.82 Å². The number of phenolic OH excluding ortho intramolecular Hbond substituents is 1. The Hall–Kier alpha value is -0.280. The van der Waals surface area contributed by atoms with Crippen LogP contribution in [0.5, 0.6) is 5.75 Å². The predicted octanol–water partition coefficient (Wildman–Crippen LogP) is 2.95. The molecule has 0 saturated heterocycles. The monoisotopic (exact) mass is 224 g/mol. The lowest BCUT2D eigenvalue weighted by Gasteiger charge is -1.98. The highest BCUT2D eigenvalue weighted by molar-refractivity contribution is 9.10. The third-order valence-corrected chi connectivity index (χ3v) is 1.99. The Bertz CT molecular complexity index is 237. The first-order chi connectivity index (χ1) is 4.63. The predicted molar refractivity (Wildman–Crippen MR) is 40.8 cm³/mol. The molecule has 0 aliphatic carbocycles. The van der Waals surface area contributed by atoms with Gasteiger partial charge in [0.25, 0.3) is 0 Å². The first kappa shape index (κ1) is 7.82. The molecule has 1 aromatic rings. The van der Waals surface area contributed by atoms with Crippen molar-refractivity contribution in [1.29, 1.82) is 0 Å². The van der Waals surface area contributed by atoms with Crippen LogP contribution in [0.4, 0.5) is 4.39 Å². The molecule has 0 unspecified atom stereocenters. The molecule has 54 valence electrons. The van der Waals surface area contributed by atoms with Crippen LogP contribution in [0.1, 0.15) is 0 Å². The first-order valence-corrected chi connectivity index (χ1v) is 3.62. The number of phenols is 1. The summed E-state index contributed by atoms with van der Waals surface area (Å²) in [6.07, 6.45) is 0. The number of benzene rings is 1. The number of rotatable bonds is 0. The molecule has 1 rings (SSSR count). The van der Waals surface area contributed by atoms with Crippen molar-refractivity contribution in [3.8, 4) is 5.75 Å². The summed E-state index contributed by atoms with van der Waals surface area (Å²) in [5.74, 6) is -0.885. The Labute approximate surface area is 70.6 Å². The van der Waals surface area contributed by atoms with Gasteiger partial charge in [0.05, 0.1) is 4.47 Å². The van der Waals surface area contributed by atoms with E-state index in [1.807, 2.05) is 0 Å². The average Bonchev–Trinajstić information content (AvgIpc) is 1.93. The minimum atomic E-state index is -0.637. The molecule has 0 aromatic heterocycles. The maximum atomic E-state index is 12.7. The summed E-state index contributed by atoms with van der Waals surface area (Å²) in [6, 6.07) is 2.70. The lowest BCUT2D eigenvalue weighted by molar-refractivity contribution is 0.469. The van der Waals surface area contributed by atoms with Crippen molar-refractivity contribution >= 4 is 27.5 Å². The molecular weight excluding hydrogens is 222 g/mol. The van der Waals surface area contributed by atoms with E-state index in [2.05, 4.69) is 15.9 Å². The Kier molecular flexibility index (Phi) is 2.16. The van der Waals surface area contributed by atoms with Crippen LogP contribution >= 0.6 is 27.5 Å². The van der Waals surface area contributed by atoms with Crippen molar-refractivity contribution in [3.05, 3.63) is 27.4 Å². The van der Waals surface area contributed by atoms with Crippen LogP contribution in [0.3, 0.4) is 0 Å². The summed E-state index contributed by atoms with van der Waals surface area (Å²) in [7, 11) is 0. The average molecular weight is 225 g/mol. The van der Waals surface area contributed by atoms with Gasteiger partial charge in [-0.25, -0.2) is 4.39 Å². The number of hydrogen-bond acceptors (Lipinski definition) is 1. The zero-order valence-corrected chi connectivity index (χ0v) is 7.08. The zero-order chi connectivity index (χ0) is 7.72. The van der Waals surface area contributed by atoms with Crippen LogP contribution in [0.25, 0.3) is 0 Å². The van der Waals surface area contributed by atoms with Crippen LogP contribution in [0, 0.1) is 5.82 Å². The molecule has 1 aromatic carbocycles. The molecule has 10 heavy (non-hydrogen) atoms. The molecule has 0 bridgehead atoms. The minimum Gasteiger partial charge on any atom is -0.506 e. The standard InChI is InChI=1S/C6H3BrClFO/c7-3-1-2-4(10)5(8)6(3)9/h1-2,10H. The van der Waals surface area contributed by atoms with Crippen molar-refractivity contribution < 1.29 is 9.50 Å². The van der Waals surface area contributed by atoms with Gasteiger partial charge in [-0.2, -0.15) is 0 Å². The highest BCUT2D eigenvalue weighted by Crippen LogP contribution is 2.30. The molecule has 0 aliphatic heterocycles. The van der Waals surface area contributed by atoms with Crippen LogP contribution in [0.2, 0.25) is 5.02 Å². The van der Waals surface area contributed by atoms with Crippen molar-refractivity contribution in [3.63, 3.8) is 0 Å². The molecule has 0 radical (unpaired) electrons. The lowest BCUT2D eigenvalue weighted by Crippen LogP contribution is -1.78. The number of aromatic hydroxyl groups is 1. The molecule has 0 fully saturated rings. The fourth-order valence-electron chi connectivity index (χ4n) is 0.516. The highest BCUT2D eigenvalue weighted by atomic mass is 79.9. The van der Waals surface area contributed by atoms with Gasteiger partial charge in [0.2, 0.25) is 0 Å². The van der Waals surface area contributed by atoms with Gasteiger partial charge in [0, 0.05) is 0 Å². The molecule has 0 atom stereocenters. The summed E-state index contributed by atoms with van der Waals surface area (Å²) in [4.78, 5) is 0. The van der Waals surface area contributed by atoms with Gasteiger partial charge in [-0.1, -0.05) is 11.6 Å². The van der Waals surface area contributed by atoms with E-state index in [1.54, 1.807) is 0 Å². The van der Waals surface area contributed by atoms with Gasteiger partial charge in [0.1, 0.15) is 10.8 Å². The Balaban J connectivity index is 3.34. The third-order valence-electron chi connectivity index (χ3n) is 1.01. The number of hydrogen-bond donors (Lipinski definition) is 1. The Morgan fingerprint density at radius 3 is 2.60 bits per heavy atom. The van der Waals surface area contributed by atoms with E-state index in [0.29, 0.717) is 0 Å². The van der Waals surface area contributed by atoms with Gasteiger partial charge in [-0.05, 0) is 28.1 Å². The van der Waals surface area contributed by atoms with E-state index in [4.69, 9.17) is 16.7 Å². The maximum Gasteiger partial charge on any atom is 0.159 e. The summed E-state index contributed by atoms with van der Waals surface area (Å²) >= 11 is 8.24. The molecule has 4 heteroatoms. The highest BCUT2D eigenvalue weighted by Gasteiger charge is 2.07. The molecule has 0 spiro atoms. The largest absolute Gasteiger partial charge is 0.506 e. The second-order valence-electron chi connectivity index (χ2n) is 1.69. The first-order valence-electron chi connectivity index (χ1n) is 2.45. The van der Waals surface area contributed by atoms with Crippen LogP contribution in [0.15, 0.2) is 16.6 Å². The third kappa shape index (κ3) is 1.25. The summed E-state index contributed by atoms with van der Waals surface area (Å²) in [6.45, 7) is 0. The maximum absolute atomic E-state index is 12.7. The van der Waals surface area contributed by atoms with E-state index < -0.39 is 5.82 Å². The molecule has 1 N–H and O–H groups in total. The van der Waals surface area contributed by atoms with Crippen LogP contribution in [-0.4, -0.2) is 5.11 Å². The second-order valence-corrected chi connectivity index (χ2v) is 2.93. The normalized spacial score (nSPS) is 9.90. The van der Waals surface area contributed by atoms with Gasteiger partial charge >= 0.3 is 0 Å². The molecule has 0 saturated carbocycles. The molecule has 0 aliphatic rings. The fraction of sp³-hybridized carbons (Fsp3) is 0. The topological polar surface area (TPSA) is 20.2 Å². The van der Waals surface area contributed by atoms with Crippen LogP contribution < -0.4 is 0 Å². The molecule has 1 nitrogen and oxygen atoms in total. The Morgan fingerprint density at radius 2 is 2.10 bits per heavy atom. The summed E-state index contributed by atoms with van der Waals surface area (Å²) in [5.41, 5.74) is 0. The second kappa shape index (κ2) is 2.76. The van der Waals surface area contributed by atoms with Gasteiger partial charge in [-0.15, -0.1) is 0 Å². The van der Waals surface area contributed by atoms with E-state index in [0.717, 1.165) is 0 Å². The van der Waals surface area contributed by atoms with E-state index in [9.17, 15) is 4.39 Å². The summed E-state index contributed by atoms with van der Waals surface area (Å²) < 4.78 is 12.9. The molecular formula is C6H3BrClFO. The van der Waals surface area contributed by atoms with Crippen molar-refractivity contribution in [2.75, 3.05) is 0 Å². The SMILES string of the molecule is Oc1ccc(Br)c(F)c1Cl. The van der Waals surface area contributed by atoms with E-state index in [1.165, 1.54) is 12.1 Å². The van der Waals surface area contributed by atoms with E-state index in [-0.39, 0.29) is 15.2 Å². The fourth-order valence-corrected chi connectivity index (χ4v) is 1.13. The zero-order valence-electron chi connectivity index (χ0n) is 4.74.